The van der Waals surface area contributed by atoms with E-state index in [1.807, 2.05) is 30.3 Å². The largest absolute Gasteiger partial charge is 0.416 e. The normalized spacial score (nSPS) is 11.7. The summed E-state index contributed by atoms with van der Waals surface area (Å²) in [6, 6.07) is 17.4. The Hall–Kier alpha value is -4.11. The maximum Gasteiger partial charge on any atom is 0.253 e. The second-order valence-electron chi connectivity index (χ2n) is 7.23. The lowest BCUT2D eigenvalue weighted by molar-refractivity contribution is 0.584. The Morgan fingerprint density at radius 2 is 1.59 bits per heavy atom. The number of aromatic nitrogens is 4. The van der Waals surface area contributed by atoms with E-state index in [4.69, 9.17) is 4.42 Å². The van der Waals surface area contributed by atoms with Crippen LogP contribution in [0.5, 0.6) is 0 Å². The van der Waals surface area contributed by atoms with Gasteiger partial charge in [0.1, 0.15) is 11.2 Å². The highest BCUT2D eigenvalue weighted by molar-refractivity contribution is 7.90. The van der Waals surface area contributed by atoms with Crippen molar-refractivity contribution in [2.75, 3.05) is 6.26 Å². The molecule has 1 N–H and O–H groups in total. The van der Waals surface area contributed by atoms with E-state index in [0.29, 0.717) is 22.5 Å². The van der Waals surface area contributed by atoms with Crippen molar-refractivity contribution in [3.8, 4) is 34.0 Å². The van der Waals surface area contributed by atoms with Crippen LogP contribution in [0.1, 0.15) is 0 Å². The average Bonchev–Trinajstić information content (AvgIpc) is 3.29. The molecule has 32 heavy (non-hydrogen) atoms. The molecule has 0 radical (unpaired) electrons. The Labute approximate surface area is 182 Å². The van der Waals surface area contributed by atoms with Gasteiger partial charge in [-0.3, -0.25) is 4.79 Å². The van der Waals surface area contributed by atoms with Gasteiger partial charge in [0, 0.05) is 29.8 Å². The molecule has 8 nitrogen and oxygen atoms in total. The number of benzene rings is 2. The summed E-state index contributed by atoms with van der Waals surface area (Å²) in [7, 11) is -3.29. The maximum atomic E-state index is 13.2. The predicted molar refractivity (Wildman–Crippen MR) is 120 cm³/mol. The number of rotatable bonds is 4. The van der Waals surface area contributed by atoms with E-state index in [1.165, 1.54) is 18.3 Å². The first-order valence-corrected chi connectivity index (χ1v) is 11.5. The number of nitrogens with one attached hydrogen (secondary N) is 1. The lowest BCUT2D eigenvalue weighted by Gasteiger charge is -2.05. The van der Waals surface area contributed by atoms with Crippen molar-refractivity contribution in [2.24, 2.45) is 0 Å². The number of sulfone groups is 1. The molecule has 5 aromatic rings. The molecule has 2 aromatic carbocycles. The second kappa shape index (κ2) is 7.54. The first-order valence-electron chi connectivity index (χ1n) is 9.61. The fraction of sp³-hybridized carbons (Fsp3) is 0.0435. The van der Waals surface area contributed by atoms with Crippen LogP contribution in [0.25, 0.3) is 45.1 Å². The SMILES string of the molecule is CS(=O)(=O)c1ccc(-c2cnc3[nH]cc(-c4nnc(-c5ccccc5)o4)c(=O)c3c2)cc1. The highest BCUT2D eigenvalue weighted by Gasteiger charge is 2.16. The predicted octanol–water partition coefficient (Wildman–Crippen LogP) is 3.71. The molecule has 3 heterocycles. The Bertz CT molecular complexity index is 1610. The van der Waals surface area contributed by atoms with Crippen LogP contribution < -0.4 is 5.43 Å². The van der Waals surface area contributed by atoms with Crippen LogP contribution >= 0.6 is 0 Å². The molecule has 0 unspecified atom stereocenters. The van der Waals surface area contributed by atoms with Crippen LogP contribution in [0.3, 0.4) is 0 Å². The van der Waals surface area contributed by atoms with Gasteiger partial charge in [-0.2, -0.15) is 0 Å². The third-order valence-corrected chi connectivity index (χ3v) is 6.15. The topological polar surface area (TPSA) is 119 Å². The van der Waals surface area contributed by atoms with Gasteiger partial charge >= 0.3 is 0 Å². The zero-order valence-corrected chi connectivity index (χ0v) is 17.6. The molecule has 0 amide bonds. The van der Waals surface area contributed by atoms with E-state index < -0.39 is 9.84 Å². The molecule has 0 aliphatic heterocycles. The van der Waals surface area contributed by atoms with Crippen molar-refractivity contribution in [1.29, 1.82) is 0 Å². The van der Waals surface area contributed by atoms with E-state index in [0.717, 1.165) is 17.4 Å². The van der Waals surface area contributed by atoms with Crippen molar-refractivity contribution in [3.05, 3.63) is 83.3 Å². The summed E-state index contributed by atoms with van der Waals surface area (Å²) in [5.74, 6) is 0.424. The molecule has 0 saturated heterocycles. The van der Waals surface area contributed by atoms with Gasteiger partial charge in [-0.1, -0.05) is 30.3 Å². The number of hydrogen-bond acceptors (Lipinski definition) is 7. The highest BCUT2D eigenvalue weighted by Crippen LogP contribution is 2.25. The zero-order chi connectivity index (χ0) is 22.3. The number of nitrogens with zero attached hydrogens (tertiary/aromatic N) is 3. The third kappa shape index (κ3) is 3.58. The molecule has 0 atom stereocenters. The molecule has 158 valence electrons. The smallest absolute Gasteiger partial charge is 0.253 e. The van der Waals surface area contributed by atoms with Crippen LogP contribution in [0.4, 0.5) is 0 Å². The van der Waals surface area contributed by atoms with E-state index in [2.05, 4.69) is 20.2 Å². The lowest BCUT2D eigenvalue weighted by atomic mass is 10.1. The summed E-state index contributed by atoms with van der Waals surface area (Å²) in [6.07, 6.45) is 4.27. The minimum Gasteiger partial charge on any atom is -0.416 e. The van der Waals surface area contributed by atoms with Gasteiger partial charge in [-0.15, -0.1) is 10.2 Å². The summed E-state index contributed by atoms with van der Waals surface area (Å²) >= 11 is 0. The summed E-state index contributed by atoms with van der Waals surface area (Å²) in [4.78, 5) is 20.7. The number of hydrogen-bond donors (Lipinski definition) is 1. The molecule has 0 fully saturated rings. The molecule has 0 saturated carbocycles. The van der Waals surface area contributed by atoms with Crippen LogP contribution in [-0.4, -0.2) is 34.8 Å². The van der Waals surface area contributed by atoms with Crippen molar-refractivity contribution in [3.63, 3.8) is 0 Å². The van der Waals surface area contributed by atoms with Crippen LogP contribution in [-0.2, 0) is 9.84 Å². The van der Waals surface area contributed by atoms with Crippen molar-refractivity contribution in [2.45, 2.75) is 4.90 Å². The molecule has 0 spiro atoms. The van der Waals surface area contributed by atoms with Crippen LogP contribution in [0, 0.1) is 0 Å². The van der Waals surface area contributed by atoms with E-state index in [1.54, 1.807) is 24.4 Å². The highest BCUT2D eigenvalue weighted by atomic mass is 32.2. The number of H-pyrrole nitrogens is 1. The molecular weight excluding hydrogens is 428 g/mol. The molecule has 0 aliphatic carbocycles. The number of pyridine rings is 2. The fourth-order valence-electron chi connectivity index (χ4n) is 3.34. The van der Waals surface area contributed by atoms with E-state index in [-0.39, 0.29) is 21.8 Å². The van der Waals surface area contributed by atoms with Crippen molar-refractivity contribution >= 4 is 20.9 Å². The van der Waals surface area contributed by atoms with Crippen LogP contribution in [0.2, 0.25) is 0 Å². The van der Waals surface area contributed by atoms with Gasteiger partial charge in [0.05, 0.1) is 10.3 Å². The van der Waals surface area contributed by atoms with Crippen molar-refractivity contribution in [1.82, 2.24) is 20.2 Å². The Kier molecular flexibility index (Phi) is 4.67. The van der Waals surface area contributed by atoms with Gasteiger partial charge in [-0.25, -0.2) is 13.4 Å². The minimum absolute atomic E-state index is 0.106. The molecule has 0 bridgehead atoms. The standard InChI is InChI=1S/C23H16N4O4S/c1-32(29,30)17-9-7-14(8-10-17)16-11-18-20(28)19(13-25-21(18)24-12-16)23-27-26-22(31-23)15-5-3-2-4-6-15/h2-13H,1H3,(H,24,25,28). The zero-order valence-electron chi connectivity index (χ0n) is 16.8. The molecule has 9 heteroatoms. The van der Waals surface area contributed by atoms with Gasteiger partial charge in [-0.05, 0) is 35.9 Å². The number of fused-ring (bicyclic) bond motifs is 1. The monoisotopic (exact) mass is 444 g/mol. The molecular formula is C23H16N4O4S. The van der Waals surface area contributed by atoms with Gasteiger partial charge in [0.15, 0.2) is 9.84 Å². The third-order valence-electron chi connectivity index (χ3n) is 5.02. The summed E-state index contributed by atoms with van der Waals surface area (Å²) in [5, 5.41) is 8.43. The number of aromatic amines is 1. The Morgan fingerprint density at radius 3 is 2.31 bits per heavy atom. The maximum absolute atomic E-state index is 13.2. The quantitative estimate of drug-likeness (QED) is 0.449. The molecule has 0 aliphatic rings. The van der Waals surface area contributed by atoms with Gasteiger partial charge < -0.3 is 9.40 Å². The Morgan fingerprint density at radius 1 is 0.875 bits per heavy atom. The van der Waals surface area contributed by atoms with Gasteiger partial charge in [0.2, 0.25) is 11.3 Å². The fourth-order valence-corrected chi connectivity index (χ4v) is 3.98. The van der Waals surface area contributed by atoms with Crippen molar-refractivity contribution < 1.29 is 12.8 Å². The molecule has 3 aromatic heterocycles. The van der Waals surface area contributed by atoms with Crippen LogP contribution in [0.15, 0.2) is 87.2 Å². The summed E-state index contributed by atoms with van der Waals surface area (Å²) in [6.45, 7) is 0. The van der Waals surface area contributed by atoms with Gasteiger partial charge in [0.25, 0.3) is 5.89 Å². The first kappa shape index (κ1) is 19.8. The Balaban J connectivity index is 1.57. The summed E-state index contributed by atoms with van der Waals surface area (Å²) in [5.41, 5.74) is 2.52. The second-order valence-corrected chi connectivity index (χ2v) is 9.24. The minimum atomic E-state index is -3.29. The lowest BCUT2D eigenvalue weighted by Crippen LogP contribution is -2.07. The average molecular weight is 444 g/mol. The molecule has 5 rings (SSSR count). The van der Waals surface area contributed by atoms with E-state index >= 15 is 0 Å². The summed E-state index contributed by atoms with van der Waals surface area (Å²) < 4.78 is 29.1. The van der Waals surface area contributed by atoms with E-state index in [9.17, 15) is 13.2 Å². The first-order chi connectivity index (χ1) is 15.4.